The number of carbonyl (C=O) groups is 1. The summed E-state index contributed by atoms with van der Waals surface area (Å²) in [5, 5.41) is 7.86. The molecule has 2 fully saturated rings. The molecule has 5 rings (SSSR count). The van der Waals surface area contributed by atoms with E-state index in [-0.39, 0.29) is 29.5 Å². The van der Waals surface area contributed by atoms with E-state index in [0.29, 0.717) is 63.3 Å². The van der Waals surface area contributed by atoms with Crippen molar-refractivity contribution >= 4 is 17.5 Å². The first-order valence-electron chi connectivity index (χ1n) is 16.1. The van der Waals surface area contributed by atoms with Crippen molar-refractivity contribution in [1.82, 2.24) is 24.6 Å². The Morgan fingerprint density at radius 3 is 2.36 bits per heavy atom. The molecular weight excluding hydrogens is 615 g/mol. The van der Waals surface area contributed by atoms with Gasteiger partial charge in [0.1, 0.15) is 11.9 Å². The minimum Gasteiger partial charge on any atom is -0.497 e. The SMILES string of the molecule is CCCC[C@@H](CO[C@@H]1CCN(C2CCN(c3ncc(C(F)(F)F)cn3)CC2)C1=O)Nc1cnn(Cc2ccc(OC)cc2)c(=O)c1C. The summed E-state index contributed by atoms with van der Waals surface area (Å²) in [4.78, 5) is 38.1. The van der Waals surface area contributed by atoms with Crippen LogP contribution in [-0.4, -0.2) is 82.1 Å². The standard InChI is InChI=1S/C33H42F3N7O4/c1-4-5-6-25(40-28-19-39-43(30(44)22(28)2)20-23-7-9-27(46-3)10-8-23)21-47-29-13-16-42(31(29)45)26-11-14-41(15-12-26)32-37-17-24(18-38-32)33(34,35)36/h7-10,17-19,25-26,29,40H,4-6,11-16,20-21H2,1-3H3/t25-,29+/m0/s1. The van der Waals surface area contributed by atoms with Crippen LogP contribution in [0.15, 0.2) is 47.7 Å². The predicted molar refractivity (Wildman–Crippen MR) is 171 cm³/mol. The van der Waals surface area contributed by atoms with Crippen molar-refractivity contribution in [3.8, 4) is 5.75 Å². The van der Waals surface area contributed by atoms with Gasteiger partial charge in [0, 0.05) is 56.1 Å². The lowest BCUT2D eigenvalue weighted by Crippen LogP contribution is -2.47. The van der Waals surface area contributed by atoms with Gasteiger partial charge in [0.15, 0.2) is 0 Å². The molecule has 2 aromatic heterocycles. The number of likely N-dealkylation sites (tertiary alicyclic amines) is 1. The summed E-state index contributed by atoms with van der Waals surface area (Å²) in [5.41, 5.74) is 1.08. The number of aromatic nitrogens is 4. The molecule has 0 radical (unpaired) electrons. The summed E-state index contributed by atoms with van der Waals surface area (Å²) >= 11 is 0. The van der Waals surface area contributed by atoms with Crippen molar-refractivity contribution < 1.29 is 27.4 Å². The third-order valence-corrected chi connectivity index (χ3v) is 8.89. The molecule has 0 spiro atoms. The van der Waals surface area contributed by atoms with Crippen molar-refractivity contribution in [2.75, 3.05) is 43.6 Å². The fraction of sp³-hybridized carbons (Fsp3) is 0.545. The summed E-state index contributed by atoms with van der Waals surface area (Å²) in [6.07, 6.45) is 2.92. The molecule has 2 saturated heterocycles. The molecule has 254 valence electrons. The van der Waals surface area contributed by atoms with Crippen LogP contribution in [-0.2, 0) is 22.3 Å². The minimum atomic E-state index is -4.48. The number of nitrogens with one attached hydrogen (secondary N) is 1. The second kappa shape index (κ2) is 15.1. The second-order valence-electron chi connectivity index (χ2n) is 12.1. The van der Waals surface area contributed by atoms with Crippen molar-refractivity contribution in [1.29, 1.82) is 0 Å². The van der Waals surface area contributed by atoms with E-state index < -0.39 is 17.8 Å². The van der Waals surface area contributed by atoms with Crippen LogP contribution < -0.4 is 20.5 Å². The molecule has 2 atom stereocenters. The molecule has 4 heterocycles. The van der Waals surface area contributed by atoms with E-state index in [9.17, 15) is 22.8 Å². The lowest BCUT2D eigenvalue weighted by molar-refractivity contribution is -0.139. The summed E-state index contributed by atoms with van der Waals surface area (Å²) in [6.45, 7) is 6.21. The Morgan fingerprint density at radius 2 is 1.72 bits per heavy atom. The van der Waals surface area contributed by atoms with E-state index in [2.05, 4.69) is 27.3 Å². The van der Waals surface area contributed by atoms with E-state index in [1.54, 1.807) is 20.2 Å². The van der Waals surface area contributed by atoms with Gasteiger partial charge in [-0.05, 0) is 43.9 Å². The number of alkyl halides is 3. The van der Waals surface area contributed by atoms with Crippen LogP contribution in [0.2, 0.25) is 0 Å². The Kier molecular flexibility index (Phi) is 11.0. The molecule has 3 aromatic rings. The number of ether oxygens (including phenoxy) is 2. The average molecular weight is 658 g/mol. The minimum absolute atomic E-state index is 0.0222. The van der Waals surface area contributed by atoms with Crippen LogP contribution in [0.4, 0.5) is 24.8 Å². The molecule has 2 aliphatic rings. The summed E-state index contributed by atoms with van der Waals surface area (Å²) < 4.78 is 51.4. The third kappa shape index (κ3) is 8.40. The summed E-state index contributed by atoms with van der Waals surface area (Å²) in [6, 6.07) is 7.41. The lowest BCUT2D eigenvalue weighted by atomic mass is 10.0. The highest BCUT2D eigenvalue weighted by Gasteiger charge is 2.38. The first-order valence-corrected chi connectivity index (χ1v) is 16.1. The Hall–Kier alpha value is -4.20. The van der Waals surface area contributed by atoms with Gasteiger partial charge in [-0.15, -0.1) is 0 Å². The number of piperidine rings is 1. The van der Waals surface area contributed by atoms with Gasteiger partial charge < -0.3 is 24.6 Å². The third-order valence-electron chi connectivity index (χ3n) is 8.89. The largest absolute Gasteiger partial charge is 0.497 e. The van der Waals surface area contributed by atoms with Gasteiger partial charge in [-0.3, -0.25) is 9.59 Å². The molecule has 0 saturated carbocycles. The van der Waals surface area contributed by atoms with Crippen LogP contribution in [0.5, 0.6) is 5.75 Å². The molecule has 0 unspecified atom stereocenters. The van der Waals surface area contributed by atoms with Crippen molar-refractivity contribution in [3.63, 3.8) is 0 Å². The smallest absolute Gasteiger partial charge is 0.419 e. The molecule has 1 amide bonds. The average Bonchev–Trinajstić information content (AvgIpc) is 3.45. The zero-order valence-corrected chi connectivity index (χ0v) is 27.0. The fourth-order valence-electron chi connectivity index (χ4n) is 6.05. The van der Waals surface area contributed by atoms with Gasteiger partial charge in [0.05, 0.1) is 37.7 Å². The number of methoxy groups -OCH3 is 1. The van der Waals surface area contributed by atoms with Gasteiger partial charge in [-0.2, -0.15) is 18.3 Å². The quantitative estimate of drug-likeness (QED) is 0.280. The van der Waals surface area contributed by atoms with E-state index in [1.165, 1.54) is 4.68 Å². The zero-order valence-electron chi connectivity index (χ0n) is 27.0. The number of anilines is 2. The van der Waals surface area contributed by atoms with E-state index in [4.69, 9.17) is 9.47 Å². The predicted octanol–water partition coefficient (Wildman–Crippen LogP) is 4.67. The van der Waals surface area contributed by atoms with Gasteiger partial charge in [-0.25, -0.2) is 14.6 Å². The van der Waals surface area contributed by atoms with Crippen LogP contribution in [0.3, 0.4) is 0 Å². The molecule has 11 nitrogen and oxygen atoms in total. The second-order valence-corrected chi connectivity index (χ2v) is 12.1. The number of hydrogen-bond acceptors (Lipinski definition) is 9. The van der Waals surface area contributed by atoms with Crippen molar-refractivity contribution in [2.45, 2.75) is 83.3 Å². The Labute approximate surface area is 272 Å². The number of nitrogens with zero attached hydrogens (tertiary/aromatic N) is 6. The monoisotopic (exact) mass is 657 g/mol. The molecule has 2 aliphatic heterocycles. The Balaban J connectivity index is 1.14. The molecule has 1 aromatic carbocycles. The molecule has 47 heavy (non-hydrogen) atoms. The number of halogens is 3. The number of unbranched alkanes of at least 4 members (excludes halogenated alkanes) is 1. The van der Waals surface area contributed by atoms with Crippen molar-refractivity contribution in [2.24, 2.45) is 0 Å². The maximum Gasteiger partial charge on any atom is 0.419 e. The highest BCUT2D eigenvalue weighted by molar-refractivity contribution is 5.83. The molecule has 1 N–H and O–H groups in total. The van der Waals surface area contributed by atoms with Gasteiger partial charge in [0.2, 0.25) is 5.95 Å². The molecule has 0 aliphatic carbocycles. The van der Waals surface area contributed by atoms with E-state index in [0.717, 1.165) is 43.0 Å². The van der Waals surface area contributed by atoms with Crippen molar-refractivity contribution in [3.05, 3.63) is 69.9 Å². The maximum atomic E-state index is 13.4. The normalized spacial score (nSPS) is 18.1. The first kappa shape index (κ1) is 34.1. The van der Waals surface area contributed by atoms with Gasteiger partial charge >= 0.3 is 6.18 Å². The van der Waals surface area contributed by atoms with Gasteiger partial charge in [0.25, 0.3) is 11.5 Å². The summed E-state index contributed by atoms with van der Waals surface area (Å²) in [7, 11) is 1.61. The number of benzene rings is 1. The zero-order chi connectivity index (χ0) is 33.6. The first-order chi connectivity index (χ1) is 22.6. The molecule has 14 heteroatoms. The molecular formula is C33H42F3N7O4. The number of carbonyl (C=O) groups excluding carboxylic acids is 1. The van der Waals surface area contributed by atoms with E-state index in [1.807, 2.05) is 34.1 Å². The fourth-order valence-corrected chi connectivity index (χ4v) is 6.05. The van der Waals surface area contributed by atoms with Crippen LogP contribution in [0.1, 0.15) is 62.1 Å². The van der Waals surface area contributed by atoms with Crippen LogP contribution in [0, 0.1) is 6.92 Å². The lowest BCUT2D eigenvalue weighted by Gasteiger charge is -2.36. The topological polar surface area (TPSA) is 115 Å². The summed E-state index contributed by atoms with van der Waals surface area (Å²) in [5.74, 6) is 0.964. The highest BCUT2D eigenvalue weighted by atomic mass is 19.4. The van der Waals surface area contributed by atoms with Gasteiger partial charge in [-0.1, -0.05) is 31.9 Å². The molecule has 0 bridgehead atoms. The Bertz CT molecular complexity index is 1540. The number of amides is 1. The van der Waals surface area contributed by atoms with Crippen LogP contribution in [0.25, 0.3) is 0 Å². The maximum absolute atomic E-state index is 13.4. The van der Waals surface area contributed by atoms with E-state index >= 15 is 0 Å². The van der Waals surface area contributed by atoms with Crippen LogP contribution >= 0.6 is 0 Å². The number of rotatable bonds is 13. The number of hydrogen-bond donors (Lipinski definition) is 1. The highest BCUT2D eigenvalue weighted by Crippen LogP contribution is 2.30. The Morgan fingerprint density at radius 1 is 1.02 bits per heavy atom.